The molecule has 0 aromatic carbocycles. The maximum Gasteiger partial charge on any atom is 0.0391 e. The molecule has 1 nitrogen and oxygen atoms in total. The summed E-state index contributed by atoms with van der Waals surface area (Å²) in [6.07, 6.45) is 4.91. The Morgan fingerprint density at radius 3 is 2.06 bits per heavy atom. The summed E-state index contributed by atoms with van der Waals surface area (Å²) in [5, 5.41) is 0. The Morgan fingerprint density at radius 1 is 1.06 bits per heavy atom. The van der Waals surface area contributed by atoms with E-state index in [1.165, 1.54) is 24.1 Å². The molecule has 0 heterocycles. The summed E-state index contributed by atoms with van der Waals surface area (Å²) in [4.78, 5) is 4.52. The SMILES string of the molecule is CC(C)=CC(C)CC(CCN=C(C)C)C(C)C. The van der Waals surface area contributed by atoms with Gasteiger partial charge in [0.15, 0.2) is 0 Å². The minimum Gasteiger partial charge on any atom is -0.295 e. The van der Waals surface area contributed by atoms with Gasteiger partial charge < -0.3 is 0 Å². The molecule has 0 N–H and O–H groups in total. The summed E-state index contributed by atoms with van der Waals surface area (Å²) in [5.41, 5.74) is 2.63. The van der Waals surface area contributed by atoms with Gasteiger partial charge in [-0.2, -0.15) is 0 Å². The van der Waals surface area contributed by atoms with Crippen LogP contribution in [0.1, 0.15) is 61.3 Å². The molecule has 0 bridgehead atoms. The molecule has 0 radical (unpaired) electrons. The monoisotopic (exact) mass is 237 g/mol. The lowest BCUT2D eigenvalue weighted by Gasteiger charge is -2.22. The van der Waals surface area contributed by atoms with Crippen LogP contribution in [0.4, 0.5) is 0 Å². The molecule has 0 aromatic rings. The highest BCUT2D eigenvalue weighted by Gasteiger charge is 2.15. The molecule has 0 aromatic heterocycles. The average molecular weight is 237 g/mol. The maximum absolute atomic E-state index is 4.52. The number of aliphatic imine (C=N–C) groups is 1. The van der Waals surface area contributed by atoms with Gasteiger partial charge in [0, 0.05) is 12.3 Å². The van der Waals surface area contributed by atoms with Crippen LogP contribution in [0.2, 0.25) is 0 Å². The summed E-state index contributed by atoms with van der Waals surface area (Å²) in [5.74, 6) is 2.25. The maximum atomic E-state index is 4.52. The Kier molecular flexibility index (Phi) is 8.20. The van der Waals surface area contributed by atoms with Crippen molar-refractivity contribution >= 4 is 5.71 Å². The zero-order chi connectivity index (χ0) is 13.4. The van der Waals surface area contributed by atoms with Gasteiger partial charge in [-0.3, -0.25) is 4.99 Å². The van der Waals surface area contributed by atoms with Crippen LogP contribution in [-0.2, 0) is 0 Å². The summed E-state index contributed by atoms with van der Waals surface area (Å²) in [6, 6.07) is 0. The van der Waals surface area contributed by atoms with Crippen molar-refractivity contribution in [2.45, 2.75) is 61.3 Å². The fraction of sp³-hybridized carbons (Fsp3) is 0.812. The zero-order valence-electron chi connectivity index (χ0n) is 12.9. The zero-order valence-corrected chi connectivity index (χ0v) is 12.9. The molecule has 0 amide bonds. The lowest BCUT2D eigenvalue weighted by Crippen LogP contribution is -2.13. The van der Waals surface area contributed by atoms with Gasteiger partial charge in [0.25, 0.3) is 0 Å². The lowest BCUT2D eigenvalue weighted by molar-refractivity contribution is 0.314. The van der Waals surface area contributed by atoms with Crippen molar-refractivity contribution in [3.8, 4) is 0 Å². The van der Waals surface area contributed by atoms with Crippen molar-refractivity contribution in [2.24, 2.45) is 22.7 Å². The second kappa shape index (κ2) is 8.49. The van der Waals surface area contributed by atoms with Crippen LogP contribution in [0.5, 0.6) is 0 Å². The first kappa shape index (κ1) is 16.4. The highest BCUT2D eigenvalue weighted by Crippen LogP contribution is 2.25. The molecule has 0 aliphatic heterocycles. The van der Waals surface area contributed by atoms with Crippen molar-refractivity contribution in [2.75, 3.05) is 6.54 Å². The van der Waals surface area contributed by atoms with Gasteiger partial charge in [0.05, 0.1) is 0 Å². The minimum atomic E-state index is 0.694. The molecule has 0 fully saturated rings. The Hall–Kier alpha value is -0.590. The minimum absolute atomic E-state index is 0.694. The number of hydrogen-bond donors (Lipinski definition) is 0. The van der Waals surface area contributed by atoms with Crippen LogP contribution >= 0.6 is 0 Å². The van der Waals surface area contributed by atoms with Crippen molar-refractivity contribution in [1.82, 2.24) is 0 Å². The fourth-order valence-corrected chi connectivity index (χ4v) is 2.29. The topological polar surface area (TPSA) is 12.4 Å². The molecule has 0 aliphatic carbocycles. The smallest absolute Gasteiger partial charge is 0.0391 e. The van der Waals surface area contributed by atoms with Crippen molar-refractivity contribution < 1.29 is 0 Å². The third-order valence-corrected chi connectivity index (χ3v) is 3.16. The molecular weight excluding hydrogens is 206 g/mol. The molecule has 0 saturated carbocycles. The van der Waals surface area contributed by atoms with E-state index in [1.807, 2.05) is 0 Å². The van der Waals surface area contributed by atoms with Gasteiger partial charge in [-0.1, -0.05) is 32.4 Å². The predicted molar refractivity (Wildman–Crippen MR) is 79.8 cm³/mol. The molecule has 2 atom stereocenters. The first-order valence-corrected chi connectivity index (χ1v) is 6.95. The molecule has 17 heavy (non-hydrogen) atoms. The second-order valence-corrected chi connectivity index (χ2v) is 6.08. The largest absolute Gasteiger partial charge is 0.295 e. The van der Waals surface area contributed by atoms with Crippen LogP contribution in [0.15, 0.2) is 16.6 Å². The highest BCUT2D eigenvalue weighted by molar-refractivity contribution is 5.78. The Labute approximate surface area is 108 Å². The number of rotatable bonds is 7. The molecule has 100 valence electrons. The van der Waals surface area contributed by atoms with Gasteiger partial charge in [-0.15, -0.1) is 0 Å². The first-order valence-electron chi connectivity index (χ1n) is 6.95. The van der Waals surface area contributed by atoms with Gasteiger partial charge in [0.1, 0.15) is 0 Å². The summed E-state index contributed by atoms with van der Waals surface area (Å²) in [7, 11) is 0. The van der Waals surface area contributed by atoms with E-state index in [1.54, 1.807) is 0 Å². The Bertz CT molecular complexity index is 253. The summed E-state index contributed by atoms with van der Waals surface area (Å²) >= 11 is 0. The van der Waals surface area contributed by atoms with Crippen LogP contribution in [0, 0.1) is 17.8 Å². The van der Waals surface area contributed by atoms with Crippen LogP contribution in [-0.4, -0.2) is 12.3 Å². The highest BCUT2D eigenvalue weighted by atomic mass is 14.7. The van der Waals surface area contributed by atoms with E-state index in [4.69, 9.17) is 0 Å². The molecule has 0 saturated heterocycles. The fourth-order valence-electron chi connectivity index (χ4n) is 2.29. The Balaban J connectivity index is 4.25. The second-order valence-electron chi connectivity index (χ2n) is 6.08. The van der Waals surface area contributed by atoms with E-state index >= 15 is 0 Å². The first-order chi connectivity index (χ1) is 7.82. The van der Waals surface area contributed by atoms with Gasteiger partial charge in [0.2, 0.25) is 0 Å². The van der Waals surface area contributed by atoms with E-state index in [0.717, 1.165) is 18.4 Å². The molecule has 0 spiro atoms. The van der Waals surface area contributed by atoms with E-state index < -0.39 is 0 Å². The molecule has 0 rings (SSSR count). The number of nitrogens with zero attached hydrogens (tertiary/aromatic N) is 1. The van der Waals surface area contributed by atoms with Crippen molar-refractivity contribution in [1.29, 1.82) is 0 Å². The Morgan fingerprint density at radius 2 is 1.65 bits per heavy atom. The van der Waals surface area contributed by atoms with Crippen LogP contribution < -0.4 is 0 Å². The normalized spacial score (nSPS) is 14.4. The number of hydrogen-bond acceptors (Lipinski definition) is 1. The van der Waals surface area contributed by atoms with E-state index in [-0.39, 0.29) is 0 Å². The van der Waals surface area contributed by atoms with Crippen molar-refractivity contribution in [3.63, 3.8) is 0 Å². The van der Waals surface area contributed by atoms with Gasteiger partial charge >= 0.3 is 0 Å². The number of allylic oxidation sites excluding steroid dienone is 2. The summed E-state index contributed by atoms with van der Waals surface area (Å²) in [6.45, 7) is 16.5. The van der Waals surface area contributed by atoms with Crippen LogP contribution in [0.25, 0.3) is 0 Å². The predicted octanol–water partition coefficient (Wildman–Crippen LogP) is 5.12. The average Bonchev–Trinajstić information content (AvgIpc) is 2.13. The van der Waals surface area contributed by atoms with Gasteiger partial charge in [-0.05, 0) is 58.3 Å². The molecular formula is C16H31N. The quantitative estimate of drug-likeness (QED) is 0.430. The molecule has 0 aliphatic rings. The van der Waals surface area contributed by atoms with Gasteiger partial charge in [-0.25, -0.2) is 0 Å². The lowest BCUT2D eigenvalue weighted by atomic mass is 9.84. The summed E-state index contributed by atoms with van der Waals surface area (Å²) < 4.78 is 0. The van der Waals surface area contributed by atoms with Crippen LogP contribution in [0.3, 0.4) is 0 Å². The standard InChI is InChI=1S/C16H31N/c1-12(2)10-15(7)11-16(13(3)4)8-9-17-14(5)6/h10,13,15-16H,8-9,11H2,1-7H3. The molecule has 2 unspecified atom stereocenters. The molecule has 1 heteroatoms. The third-order valence-electron chi connectivity index (χ3n) is 3.16. The van der Waals surface area contributed by atoms with E-state index in [0.29, 0.717) is 5.92 Å². The van der Waals surface area contributed by atoms with E-state index in [9.17, 15) is 0 Å². The van der Waals surface area contributed by atoms with E-state index in [2.05, 4.69) is 59.5 Å². The van der Waals surface area contributed by atoms with Crippen molar-refractivity contribution in [3.05, 3.63) is 11.6 Å². The third kappa shape index (κ3) is 9.14.